The smallest absolute Gasteiger partial charge is 0.329 e. The highest BCUT2D eigenvalue weighted by Gasteiger charge is 2.17. The maximum Gasteiger partial charge on any atom is 0.329 e. The van der Waals surface area contributed by atoms with Gasteiger partial charge in [0.05, 0.1) is 6.54 Å². The third kappa shape index (κ3) is 8.21. The van der Waals surface area contributed by atoms with Gasteiger partial charge in [-0.2, -0.15) is 0 Å². The highest BCUT2D eigenvalue weighted by atomic mass is 16.5. The van der Waals surface area contributed by atoms with E-state index in [9.17, 15) is 14.4 Å². The van der Waals surface area contributed by atoms with Gasteiger partial charge < -0.3 is 20.5 Å². The van der Waals surface area contributed by atoms with E-state index in [4.69, 9.17) is 10.8 Å². The Hall–Kier alpha value is -1.63. The molecular weight excluding hydrogens is 228 g/mol. The Balaban J connectivity index is 4.21. The normalized spacial score (nSPS) is 10.3. The Morgan fingerprint density at radius 2 is 1.88 bits per heavy atom. The molecule has 3 N–H and O–H groups in total. The number of carbonyl (C=O) groups is 3. The molecule has 0 spiro atoms. The maximum atomic E-state index is 11.6. The van der Waals surface area contributed by atoms with E-state index < -0.39 is 24.4 Å². The van der Waals surface area contributed by atoms with Crippen LogP contribution in [-0.4, -0.2) is 54.1 Å². The van der Waals surface area contributed by atoms with E-state index in [1.807, 2.05) is 13.8 Å². The molecule has 0 unspecified atom stereocenters. The predicted molar refractivity (Wildman–Crippen MR) is 59.1 cm³/mol. The van der Waals surface area contributed by atoms with Crippen LogP contribution in [0.15, 0.2) is 0 Å². The number of nitrogens with zero attached hydrogens (tertiary/aromatic N) is 1. The van der Waals surface area contributed by atoms with Crippen molar-refractivity contribution in [2.75, 3.05) is 26.3 Å². The molecule has 0 rings (SSSR count). The summed E-state index contributed by atoms with van der Waals surface area (Å²) < 4.78 is 4.66. The van der Waals surface area contributed by atoms with Gasteiger partial charge in [0, 0.05) is 6.54 Å². The molecule has 0 heterocycles. The fraction of sp³-hybridized carbons (Fsp3) is 0.700. The number of rotatable bonds is 8. The van der Waals surface area contributed by atoms with Crippen LogP contribution < -0.4 is 5.73 Å². The molecule has 0 aromatic rings. The van der Waals surface area contributed by atoms with Gasteiger partial charge in [-0.1, -0.05) is 13.8 Å². The van der Waals surface area contributed by atoms with Crippen LogP contribution >= 0.6 is 0 Å². The minimum absolute atomic E-state index is 0.178. The number of carbonyl (C=O) groups excluding carboxylic acids is 2. The van der Waals surface area contributed by atoms with Gasteiger partial charge in [-0.05, 0) is 5.92 Å². The topological polar surface area (TPSA) is 110 Å². The fourth-order valence-electron chi connectivity index (χ4n) is 1.20. The van der Waals surface area contributed by atoms with Crippen molar-refractivity contribution >= 4 is 17.8 Å². The van der Waals surface area contributed by atoms with E-state index in [1.54, 1.807) is 0 Å². The highest BCUT2D eigenvalue weighted by Crippen LogP contribution is 1.99. The first-order valence-electron chi connectivity index (χ1n) is 5.18. The second-order valence-electron chi connectivity index (χ2n) is 4.02. The van der Waals surface area contributed by atoms with E-state index in [-0.39, 0.29) is 19.1 Å². The van der Waals surface area contributed by atoms with Crippen molar-refractivity contribution in [1.82, 2.24) is 4.90 Å². The number of amides is 2. The van der Waals surface area contributed by atoms with Crippen LogP contribution in [0.2, 0.25) is 0 Å². The predicted octanol–water partition coefficient (Wildman–Crippen LogP) is -0.942. The second-order valence-corrected chi connectivity index (χ2v) is 4.02. The number of hydrogen-bond donors (Lipinski definition) is 2. The fourth-order valence-corrected chi connectivity index (χ4v) is 1.20. The van der Waals surface area contributed by atoms with Gasteiger partial charge in [-0.15, -0.1) is 0 Å². The Morgan fingerprint density at radius 3 is 2.29 bits per heavy atom. The number of carboxylic acids is 1. The summed E-state index contributed by atoms with van der Waals surface area (Å²) in [5, 5.41) is 8.33. The molecule has 17 heavy (non-hydrogen) atoms. The van der Waals surface area contributed by atoms with Crippen molar-refractivity contribution in [3.63, 3.8) is 0 Å². The van der Waals surface area contributed by atoms with Crippen LogP contribution in [0.4, 0.5) is 0 Å². The van der Waals surface area contributed by atoms with Crippen molar-refractivity contribution in [3.05, 3.63) is 0 Å². The van der Waals surface area contributed by atoms with Gasteiger partial charge in [-0.25, -0.2) is 4.79 Å². The number of aliphatic carboxylic acids is 1. The van der Waals surface area contributed by atoms with Gasteiger partial charge in [-0.3, -0.25) is 9.59 Å². The summed E-state index contributed by atoms with van der Waals surface area (Å²) in [6.45, 7) is 3.05. The van der Waals surface area contributed by atoms with Crippen molar-refractivity contribution < 1.29 is 24.2 Å². The van der Waals surface area contributed by atoms with Crippen LogP contribution in [0, 0.1) is 5.92 Å². The molecule has 0 saturated carbocycles. The Labute approximate surface area is 99.5 Å². The minimum Gasteiger partial charge on any atom is -0.480 e. The average molecular weight is 246 g/mol. The third-order valence-electron chi connectivity index (χ3n) is 1.74. The van der Waals surface area contributed by atoms with Crippen LogP contribution in [0.5, 0.6) is 0 Å². The second kappa shape index (κ2) is 7.61. The van der Waals surface area contributed by atoms with Gasteiger partial charge in [0.15, 0.2) is 0 Å². The molecule has 2 amide bonds. The molecule has 0 radical (unpaired) electrons. The molecule has 0 aromatic carbocycles. The van der Waals surface area contributed by atoms with Crippen molar-refractivity contribution in [1.29, 1.82) is 0 Å². The van der Waals surface area contributed by atoms with Crippen LogP contribution in [0.3, 0.4) is 0 Å². The summed E-state index contributed by atoms with van der Waals surface area (Å²) in [6.07, 6.45) is 0. The molecule has 0 aliphatic carbocycles. The summed E-state index contributed by atoms with van der Waals surface area (Å²) in [5.74, 6) is -2.03. The van der Waals surface area contributed by atoms with Gasteiger partial charge in [0.2, 0.25) is 11.8 Å². The quantitative estimate of drug-likeness (QED) is 0.574. The minimum atomic E-state index is -1.15. The van der Waals surface area contributed by atoms with E-state index in [2.05, 4.69) is 4.74 Å². The van der Waals surface area contributed by atoms with Crippen LogP contribution in [-0.2, 0) is 19.1 Å². The zero-order chi connectivity index (χ0) is 13.4. The van der Waals surface area contributed by atoms with Crippen molar-refractivity contribution in [2.24, 2.45) is 11.7 Å². The van der Waals surface area contributed by atoms with Gasteiger partial charge >= 0.3 is 5.97 Å². The molecule has 0 fully saturated rings. The van der Waals surface area contributed by atoms with Crippen LogP contribution in [0.25, 0.3) is 0 Å². The monoisotopic (exact) mass is 246 g/mol. The first-order chi connectivity index (χ1) is 7.82. The molecule has 0 saturated heterocycles. The summed E-state index contributed by atoms with van der Waals surface area (Å²) in [5.41, 5.74) is 5.02. The molecule has 7 heteroatoms. The lowest BCUT2D eigenvalue weighted by atomic mass is 10.2. The molecule has 0 aromatic heterocycles. The SMILES string of the molecule is CC(C)CN(CC(N)=O)C(=O)COCC(=O)O. The Kier molecular flexibility index (Phi) is 6.88. The number of primary amides is 1. The molecule has 0 atom stereocenters. The summed E-state index contributed by atoms with van der Waals surface area (Å²) in [6, 6.07) is 0. The van der Waals surface area contributed by atoms with E-state index in [1.165, 1.54) is 4.90 Å². The van der Waals surface area contributed by atoms with Crippen molar-refractivity contribution in [2.45, 2.75) is 13.8 Å². The van der Waals surface area contributed by atoms with Gasteiger partial charge in [0.1, 0.15) is 13.2 Å². The Bertz CT molecular complexity index is 290. The number of nitrogens with two attached hydrogens (primary N) is 1. The molecule has 7 nitrogen and oxygen atoms in total. The third-order valence-corrected chi connectivity index (χ3v) is 1.74. The highest BCUT2D eigenvalue weighted by molar-refractivity contribution is 5.84. The largest absolute Gasteiger partial charge is 0.480 e. The van der Waals surface area contributed by atoms with E-state index >= 15 is 0 Å². The lowest BCUT2D eigenvalue weighted by Gasteiger charge is -2.22. The standard InChI is InChI=1S/C10H18N2O5/c1-7(2)3-12(4-8(11)13)9(14)5-17-6-10(15)16/h7H,3-6H2,1-2H3,(H2,11,13)(H,15,16). The molecule has 0 aliphatic rings. The van der Waals surface area contributed by atoms with Crippen LogP contribution in [0.1, 0.15) is 13.8 Å². The lowest BCUT2D eigenvalue weighted by molar-refractivity contribution is -0.147. The first kappa shape index (κ1) is 15.4. The number of ether oxygens (including phenoxy) is 1. The first-order valence-corrected chi connectivity index (χ1v) is 5.18. The summed E-state index contributed by atoms with van der Waals surface area (Å²) in [4.78, 5) is 33.8. The molecule has 0 bridgehead atoms. The zero-order valence-electron chi connectivity index (χ0n) is 10.0. The Morgan fingerprint density at radius 1 is 1.29 bits per heavy atom. The maximum absolute atomic E-state index is 11.6. The summed E-state index contributed by atoms with van der Waals surface area (Å²) in [7, 11) is 0. The van der Waals surface area contributed by atoms with E-state index in [0.717, 1.165) is 0 Å². The zero-order valence-corrected chi connectivity index (χ0v) is 10.0. The van der Waals surface area contributed by atoms with Crippen molar-refractivity contribution in [3.8, 4) is 0 Å². The molecule has 0 aliphatic heterocycles. The average Bonchev–Trinajstić information content (AvgIpc) is 2.14. The number of hydrogen-bond acceptors (Lipinski definition) is 4. The molecular formula is C10H18N2O5. The molecule has 98 valence electrons. The number of carboxylic acid groups (broad SMARTS) is 1. The van der Waals surface area contributed by atoms with Gasteiger partial charge in [0.25, 0.3) is 0 Å². The summed E-state index contributed by atoms with van der Waals surface area (Å²) >= 11 is 0. The van der Waals surface area contributed by atoms with E-state index in [0.29, 0.717) is 6.54 Å². The lowest BCUT2D eigenvalue weighted by Crippen LogP contribution is -2.42.